The highest BCUT2D eigenvalue weighted by Gasteiger charge is 2.34. The van der Waals surface area contributed by atoms with E-state index in [1.54, 1.807) is 0 Å². The number of carbonyl (C=O) groups excluding carboxylic acids is 1. The van der Waals surface area contributed by atoms with Crippen molar-refractivity contribution in [2.75, 3.05) is 31.1 Å². The summed E-state index contributed by atoms with van der Waals surface area (Å²) in [5.41, 5.74) is 9.45. The normalized spacial score (nSPS) is 18.4. The van der Waals surface area contributed by atoms with Crippen LogP contribution in [0.15, 0.2) is 91.0 Å². The second-order valence-corrected chi connectivity index (χ2v) is 8.01. The number of rotatable bonds is 7. The number of likely N-dealkylation sites (tertiary alicyclic amines) is 1. The molecule has 0 aromatic heterocycles. The van der Waals surface area contributed by atoms with Crippen LogP contribution in [0.2, 0.25) is 0 Å². The maximum absolute atomic E-state index is 13.4. The summed E-state index contributed by atoms with van der Waals surface area (Å²) < 4.78 is 0. The molecule has 0 saturated carbocycles. The number of amides is 1. The van der Waals surface area contributed by atoms with Crippen LogP contribution >= 0.6 is 12.4 Å². The van der Waals surface area contributed by atoms with Crippen LogP contribution in [0.4, 0.5) is 5.69 Å². The van der Waals surface area contributed by atoms with Gasteiger partial charge in [0.25, 0.3) is 0 Å². The lowest BCUT2D eigenvalue weighted by molar-refractivity contribution is -0.119. The summed E-state index contributed by atoms with van der Waals surface area (Å²) >= 11 is 0. The maximum atomic E-state index is 13.4. The van der Waals surface area contributed by atoms with Crippen LogP contribution in [-0.2, 0) is 11.3 Å². The van der Waals surface area contributed by atoms with E-state index in [1.165, 1.54) is 5.56 Å². The molecule has 0 radical (unpaired) electrons. The Bertz CT molecular complexity index is 937. The van der Waals surface area contributed by atoms with Gasteiger partial charge in [0.15, 0.2) is 0 Å². The maximum Gasteiger partial charge on any atom is 0.241 e. The number of nitrogens with two attached hydrogens (primary N) is 1. The van der Waals surface area contributed by atoms with Crippen molar-refractivity contribution in [2.45, 2.75) is 12.5 Å². The summed E-state index contributed by atoms with van der Waals surface area (Å²) in [5.74, 6) is 0.873. The molecule has 0 unspecified atom stereocenters. The highest BCUT2D eigenvalue weighted by molar-refractivity contribution is 5.94. The van der Waals surface area contributed by atoms with E-state index >= 15 is 0 Å². The van der Waals surface area contributed by atoms with E-state index in [1.807, 2.05) is 59.5 Å². The summed E-state index contributed by atoms with van der Waals surface area (Å²) in [4.78, 5) is 17.5. The van der Waals surface area contributed by atoms with Gasteiger partial charge in [0.2, 0.25) is 5.91 Å². The quantitative estimate of drug-likeness (QED) is 0.601. The number of nitrogens with zero attached hydrogens (tertiary/aromatic N) is 2. The van der Waals surface area contributed by atoms with Crippen LogP contribution in [0.25, 0.3) is 0 Å². The molecule has 1 fully saturated rings. The first-order valence-electron chi connectivity index (χ1n) is 10.6. The van der Waals surface area contributed by atoms with E-state index in [4.69, 9.17) is 5.73 Å². The SMILES string of the molecule is Cl.NC[C@@H]1CN(CC(=O)N(Cc2ccccc2)c2ccccc2)C[C@H]1c1ccccc1. The monoisotopic (exact) mass is 435 g/mol. The number of halogens is 1. The van der Waals surface area contributed by atoms with E-state index in [0.29, 0.717) is 31.5 Å². The average molecular weight is 436 g/mol. The number of carbonyl (C=O) groups is 1. The summed E-state index contributed by atoms with van der Waals surface area (Å²) in [6.45, 7) is 3.33. The van der Waals surface area contributed by atoms with Crippen molar-refractivity contribution >= 4 is 24.0 Å². The molecule has 3 aromatic carbocycles. The van der Waals surface area contributed by atoms with E-state index in [-0.39, 0.29) is 18.3 Å². The van der Waals surface area contributed by atoms with Crippen molar-refractivity contribution in [1.29, 1.82) is 0 Å². The molecule has 1 amide bonds. The van der Waals surface area contributed by atoms with Gasteiger partial charge in [-0.1, -0.05) is 78.9 Å². The highest BCUT2D eigenvalue weighted by Crippen LogP contribution is 2.32. The van der Waals surface area contributed by atoms with Gasteiger partial charge >= 0.3 is 0 Å². The molecule has 1 heterocycles. The molecule has 0 bridgehead atoms. The number of anilines is 1. The predicted octanol–water partition coefficient (Wildman–Crippen LogP) is 4.32. The third-order valence-corrected chi connectivity index (χ3v) is 5.96. The Hall–Kier alpha value is -2.66. The molecule has 1 saturated heterocycles. The van der Waals surface area contributed by atoms with Gasteiger partial charge in [-0.2, -0.15) is 0 Å². The molecule has 1 aliphatic rings. The van der Waals surface area contributed by atoms with Crippen LogP contribution in [0.1, 0.15) is 17.0 Å². The molecule has 31 heavy (non-hydrogen) atoms. The molecule has 3 aromatic rings. The largest absolute Gasteiger partial charge is 0.330 e. The van der Waals surface area contributed by atoms with E-state index < -0.39 is 0 Å². The van der Waals surface area contributed by atoms with Gasteiger partial charge in [-0.3, -0.25) is 9.69 Å². The van der Waals surface area contributed by atoms with E-state index in [2.05, 4.69) is 41.3 Å². The van der Waals surface area contributed by atoms with Gasteiger partial charge in [-0.05, 0) is 35.7 Å². The zero-order chi connectivity index (χ0) is 20.8. The van der Waals surface area contributed by atoms with Gasteiger partial charge in [0.1, 0.15) is 0 Å². The Labute approximate surface area is 191 Å². The van der Waals surface area contributed by atoms with Gasteiger partial charge in [0.05, 0.1) is 13.1 Å². The third-order valence-electron chi connectivity index (χ3n) is 5.96. The molecular weight excluding hydrogens is 406 g/mol. The minimum atomic E-state index is 0. The summed E-state index contributed by atoms with van der Waals surface area (Å²) in [5, 5.41) is 0. The molecule has 0 aliphatic carbocycles. The fraction of sp³-hybridized carbons (Fsp3) is 0.269. The molecule has 1 aliphatic heterocycles. The first-order valence-corrected chi connectivity index (χ1v) is 10.6. The van der Waals surface area contributed by atoms with Crippen LogP contribution in [-0.4, -0.2) is 37.0 Å². The van der Waals surface area contributed by atoms with Gasteiger partial charge in [-0.15, -0.1) is 12.4 Å². The smallest absolute Gasteiger partial charge is 0.241 e. The summed E-state index contributed by atoms with van der Waals surface area (Å²) in [6.07, 6.45) is 0. The third kappa shape index (κ3) is 5.73. The van der Waals surface area contributed by atoms with E-state index in [0.717, 1.165) is 24.3 Å². The fourth-order valence-electron chi connectivity index (χ4n) is 4.38. The Morgan fingerprint density at radius 3 is 2.06 bits per heavy atom. The standard InChI is InChI=1S/C26H29N3O.ClH/c27-16-23-18-28(19-25(23)22-12-6-2-7-13-22)20-26(30)29(24-14-8-3-9-15-24)17-21-10-4-1-5-11-21;/h1-15,23,25H,16-20,27H2;1H/t23-,25+;/m1./s1. The lowest BCUT2D eigenvalue weighted by Crippen LogP contribution is -2.39. The minimum absolute atomic E-state index is 0. The lowest BCUT2D eigenvalue weighted by Gasteiger charge is -2.26. The zero-order valence-corrected chi connectivity index (χ0v) is 18.5. The fourth-order valence-corrected chi connectivity index (χ4v) is 4.38. The highest BCUT2D eigenvalue weighted by atomic mass is 35.5. The first kappa shape index (κ1) is 23.0. The topological polar surface area (TPSA) is 49.6 Å². The van der Waals surface area contributed by atoms with Gasteiger partial charge in [-0.25, -0.2) is 0 Å². The zero-order valence-electron chi connectivity index (χ0n) is 17.6. The molecule has 4 rings (SSSR count). The Balaban J connectivity index is 0.00000272. The molecule has 0 spiro atoms. The number of hydrogen-bond acceptors (Lipinski definition) is 3. The number of benzene rings is 3. The second-order valence-electron chi connectivity index (χ2n) is 8.01. The Kier molecular flexibility index (Phi) is 8.24. The Morgan fingerprint density at radius 2 is 1.45 bits per heavy atom. The van der Waals surface area contributed by atoms with E-state index in [9.17, 15) is 4.79 Å². The minimum Gasteiger partial charge on any atom is -0.330 e. The van der Waals surface area contributed by atoms with Crippen LogP contribution in [0.3, 0.4) is 0 Å². The molecule has 5 heteroatoms. The number of hydrogen-bond donors (Lipinski definition) is 1. The van der Waals surface area contributed by atoms with Crippen molar-refractivity contribution < 1.29 is 4.79 Å². The van der Waals surface area contributed by atoms with Crippen LogP contribution in [0.5, 0.6) is 0 Å². The van der Waals surface area contributed by atoms with Crippen LogP contribution < -0.4 is 10.6 Å². The van der Waals surface area contributed by atoms with Crippen molar-refractivity contribution in [1.82, 2.24) is 4.90 Å². The molecule has 2 N–H and O–H groups in total. The average Bonchev–Trinajstić information content (AvgIpc) is 3.22. The number of para-hydroxylation sites is 1. The molecule has 162 valence electrons. The van der Waals surface area contributed by atoms with Crippen LogP contribution in [0, 0.1) is 5.92 Å². The summed E-state index contributed by atoms with van der Waals surface area (Å²) in [7, 11) is 0. The Morgan fingerprint density at radius 1 is 0.871 bits per heavy atom. The predicted molar refractivity (Wildman–Crippen MR) is 129 cm³/mol. The first-order chi connectivity index (χ1) is 14.7. The van der Waals surface area contributed by atoms with Gasteiger partial charge < -0.3 is 10.6 Å². The second kappa shape index (κ2) is 11.1. The van der Waals surface area contributed by atoms with Crippen molar-refractivity contribution in [3.8, 4) is 0 Å². The molecule has 4 nitrogen and oxygen atoms in total. The van der Waals surface area contributed by atoms with Gasteiger partial charge in [0, 0.05) is 24.7 Å². The lowest BCUT2D eigenvalue weighted by atomic mass is 9.89. The molecule has 2 atom stereocenters. The van der Waals surface area contributed by atoms with Crippen molar-refractivity contribution in [2.24, 2.45) is 11.7 Å². The summed E-state index contributed by atoms with van der Waals surface area (Å²) in [6, 6.07) is 30.6. The molecular formula is C26H30ClN3O. The van der Waals surface area contributed by atoms with Crippen molar-refractivity contribution in [3.05, 3.63) is 102 Å². The van der Waals surface area contributed by atoms with Crippen molar-refractivity contribution in [3.63, 3.8) is 0 Å².